The molecule has 0 N–H and O–H groups in total. The molecule has 0 radical (unpaired) electrons. The van der Waals surface area contributed by atoms with Crippen molar-refractivity contribution in [1.82, 2.24) is 0 Å². The summed E-state index contributed by atoms with van der Waals surface area (Å²) >= 11 is 0. The quantitative estimate of drug-likeness (QED) is 0.222. The summed E-state index contributed by atoms with van der Waals surface area (Å²) in [6, 6.07) is 6.83. The lowest BCUT2D eigenvalue weighted by Crippen LogP contribution is -2.06. The van der Waals surface area contributed by atoms with Gasteiger partial charge in [0.25, 0.3) is 0 Å². The van der Waals surface area contributed by atoms with Gasteiger partial charge in [0.2, 0.25) is 0 Å². The SMILES string of the molecule is C=CCOC(=O)/C=C\C(=O)OCc1cccc(COC(=O)/C=C\C(=O)OCC=C)c1. The van der Waals surface area contributed by atoms with Crippen molar-refractivity contribution in [2.24, 2.45) is 0 Å². The number of hydrogen-bond acceptors (Lipinski definition) is 8. The lowest BCUT2D eigenvalue weighted by atomic mass is 10.1. The molecule has 0 aliphatic heterocycles. The molecule has 1 aromatic rings. The number of hydrogen-bond donors (Lipinski definition) is 0. The highest BCUT2D eigenvalue weighted by Gasteiger charge is 2.05. The zero-order valence-corrected chi connectivity index (χ0v) is 16.3. The molecule has 0 aliphatic carbocycles. The minimum Gasteiger partial charge on any atom is -0.458 e. The Bertz CT molecular complexity index is 770. The standard InChI is InChI=1S/C22H22O8/c1-3-12-27-19(23)8-10-21(25)29-15-17-6-5-7-18(14-17)16-30-22(26)11-9-20(24)28-13-4-2/h3-11,14H,1-2,12-13,15-16H2/b10-8-,11-9-. The molecular formula is C22H22O8. The Balaban J connectivity index is 2.45. The molecule has 30 heavy (non-hydrogen) atoms. The molecule has 8 nitrogen and oxygen atoms in total. The van der Waals surface area contributed by atoms with Crippen LogP contribution in [0, 0.1) is 0 Å². The maximum atomic E-state index is 11.6. The fraction of sp³-hybridized carbons (Fsp3) is 0.182. The van der Waals surface area contributed by atoms with Gasteiger partial charge in [0.1, 0.15) is 26.4 Å². The van der Waals surface area contributed by atoms with Crippen LogP contribution in [0.1, 0.15) is 11.1 Å². The van der Waals surface area contributed by atoms with Crippen LogP contribution in [0.5, 0.6) is 0 Å². The van der Waals surface area contributed by atoms with Gasteiger partial charge in [-0.15, -0.1) is 0 Å². The Labute approximate surface area is 174 Å². The summed E-state index contributed by atoms with van der Waals surface area (Å²) in [6.45, 7) is 6.82. The Morgan fingerprint density at radius 1 is 0.667 bits per heavy atom. The van der Waals surface area contributed by atoms with Crippen molar-refractivity contribution in [2.45, 2.75) is 13.2 Å². The molecule has 0 aliphatic rings. The van der Waals surface area contributed by atoms with E-state index in [1.807, 2.05) is 0 Å². The van der Waals surface area contributed by atoms with E-state index in [0.29, 0.717) is 11.1 Å². The van der Waals surface area contributed by atoms with Gasteiger partial charge in [-0.3, -0.25) is 0 Å². The molecule has 0 fully saturated rings. The third-order valence-corrected chi connectivity index (χ3v) is 3.15. The van der Waals surface area contributed by atoms with Crippen LogP contribution in [-0.2, 0) is 51.3 Å². The number of ether oxygens (including phenoxy) is 4. The average molecular weight is 414 g/mol. The predicted molar refractivity (Wildman–Crippen MR) is 107 cm³/mol. The predicted octanol–water partition coefficient (Wildman–Crippen LogP) is 2.34. The molecule has 8 heteroatoms. The number of esters is 4. The van der Waals surface area contributed by atoms with Crippen LogP contribution < -0.4 is 0 Å². The van der Waals surface area contributed by atoms with Gasteiger partial charge in [-0.05, 0) is 17.2 Å². The Hall–Kier alpha value is -3.94. The van der Waals surface area contributed by atoms with Crippen molar-refractivity contribution >= 4 is 23.9 Å². The highest BCUT2D eigenvalue weighted by molar-refractivity contribution is 5.92. The molecule has 0 saturated carbocycles. The van der Waals surface area contributed by atoms with Gasteiger partial charge in [-0.2, -0.15) is 0 Å². The second kappa shape index (κ2) is 14.1. The third kappa shape index (κ3) is 11.0. The Kier molecular flexibility index (Phi) is 11.3. The topological polar surface area (TPSA) is 105 Å². The van der Waals surface area contributed by atoms with E-state index in [1.165, 1.54) is 12.2 Å². The van der Waals surface area contributed by atoms with Gasteiger partial charge < -0.3 is 18.9 Å². The van der Waals surface area contributed by atoms with Crippen LogP contribution in [0.4, 0.5) is 0 Å². The van der Waals surface area contributed by atoms with Gasteiger partial charge >= 0.3 is 23.9 Å². The maximum absolute atomic E-state index is 11.6. The minimum atomic E-state index is -0.712. The largest absolute Gasteiger partial charge is 0.458 e. The fourth-order valence-corrected chi connectivity index (χ4v) is 1.86. The molecule has 1 rings (SSSR count). The summed E-state index contributed by atoms with van der Waals surface area (Å²) in [5.74, 6) is -2.79. The van der Waals surface area contributed by atoms with Crippen LogP contribution in [0.3, 0.4) is 0 Å². The zero-order chi connectivity index (χ0) is 22.2. The van der Waals surface area contributed by atoms with Crippen LogP contribution in [-0.4, -0.2) is 37.1 Å². The highest BCUT2D eigenvalue weighted by Crippen LogP contribution is 2.09. The molecule has 0 saturated heterocycles. The van der Waals surface area contributed by atoms with E-state index in [1.54, 1.807) is 24.3 Å². The lowest BCUT2D eigenvalue weighted by Gasteiger charge is -2.06. The van der Waals surface area contributed by atoms with Crippen molar-refractivity contribution in [1.29, 1.82) is 0 Å². The molecule has 0 atom stereocenters. The van der Waals surface area contributed by atoms with Gasteiger partial charge in [-0.25, -0.2) is 19.2 Å². The second-order valence-corrected chi connectivity index (χ2v) is 5.54. The normalized spacial score (nSPS) is 10.4. The van der Waals surface area contributed by atoms with Crippen LogP contribution in [0.15, 0.2) is 73.9 Å². The van der Waals surface area contributed by atoms with Gasteiger partial charge in [0.15, 0.2) is 0 Å². The third-order valence-electron chi connectivity index (χ3n) is 3.15. The molecule has 0 bridgehead atoms. The molecule has 158 valence electrons. The van der Waals surface area contributed by atoms with Crippen molar-refractivity contribution in [3.63, 3.8) is 0 Å². The second-order valence-electron chi connectivity index (χ2n) is 5.54. The van der Waals surface area contributed by atoms with E-state index in [0.717, 1.165) is 24.3 Å². The van der Waals surface area contributed by atoms with Crippen LogP contribution in [0.2, 0.25) is 0 Å². The fourth-order valence-electron chi connectivity index (χ4n) is 1.86. The summed E-state index contributed by atoms with van der Waals surface area (Å²) < 4.78 is 19.4. The van der Waals surface area contributed by atoms with E-state index in [2.05, 4.69) is 22.6 Å². The molecule has 0 amide bonds. The van der Waals surface area contributed by atoms with Gasteiger partial charge in [0, 0.05) is 24.3 Å². The summed E-state index contributed by atoms with van der Waals surface area (Å²) in [5.41, 5.74) is 1.31. The van der Waals surface area contributed by atoms with E-state index in [-0.39, 0.29) is 26.4 Å². The number of carbonyl (C=O) groups excluding carboxylic acids is 4. The molecule has 0 unspecified atom stereocenters. The molecule has 1 aromatic carbocycles. The minimum absolute atomic E-state index is 0.0400. The number of benzene rings is 1. The summed E-state index contributed by atoms with van der Waals surface area (Å²) in [6.07, 6.45) is 6.66. The highest BCUT2D eigenvalue weighted by atomic mass is 16.5. The molecule has 0 heterocycles. The van der Waals surface area contributed by atoms with Crippen LogP contribution >= 0.6 is 0 Å². The van der Waals surface area contributed by atoms with E-state index in [4.69, 9.17) is 9.47 Å². The maximum Gasteiger partial charge on any atom is 0.331 e. The Morgan fingerprint density at radius 3 is 1.40 bits per heavy atom. The van der Waals surface area contributed by atoms with Crippen molar-refractivity contribution in [3.05, 3.63) is 85.0 Å². The summed E-state index contributed by atoms with van der Waals surface area (Å²) in [4.78, 5) is 45.7. The first-order valence-corrected chi connectivity index (χ1v) is 8.77. The average Bonchev–Trinajstić information content (AvgIpc) is 2.76. The summed E-state index contributed by atoms with van der Waals surface area (Å²) in [5, 5.41) is 0. The smallest absolute Gasteiger partial charge is 0.331 e. The van der Waals surface area contributed by atoms with Crippen LogP contribution in [0.25, 0.3) is 0 Å². The van der Waals surface area contributed by atoms with Crippen molar-refractivity contribution in [2.75, 3.05) is 13.2 Å². The molecular weight excluding hydrogens is 392 g/mol. The lowest BCUT2D eigenvalue weighted by molar-refractivity contribution is -0.140. The van der Waals surface area contributed by atoms with Gasteiger partial charge in [0.05, 0.1) is 0 Å². The van der Waals surface area contributed by atoms with Gasteiger partial charge in [-0.1, -0.05) is 43.5 Å². The first-order valence-electron chi connectivity index (χ1n) is 8.77. The number of rotatable bonds is 12. The Morgan fingerprint density at radius 2 is 1.03 bits per heavy atom. The summed E-state index contributed by atoms with van der Waals surface area (Å²) in [7, 11) is 0. The van der Waals surface area contributed by atoms with Crippen molar-refractivity contribution in [3.8, 4) is 0 Å². The van der Waals surface area contributed by atoms with Crippen molar-refractivity contribution < 1.29 is 38.1 Å². The van der Waals surface area contributed by atoms with E-state index >= 15 is 0 Å². The first kappa shape index (κ1) is 24.1. The molecule has 0 spiro atoms. The van der Waals surface area contributed by atoms with E-state index in [9.17, 15) is 19.2 Å². The molecule has 0 aromatic heterocycles. The number of carbonyl (C=O) groups is 4. The zero-order valence-electron chi connectivity index (χ0n) is 16.3. The van der Waals surface area contributed by atoms with E-state index < -0.39 is 23.9 Å². The monoisotopic (exact) mass is 414 g/mol. The first-order chi connectivity index (χ1) is 14.4.